The van der Waals surface area contributed by atoms with Crippen LogP contribution in [0, 0.1) is 0 Å². The summed E-state index contributed by atoms with van der Waals surface area (Å²) in [6.45, 7) is 1.46. The van der Waals surface area contributed by atoms with Crippen molar-refractivity contribution in [3.05, 3.63) is 35.7 Å². The Morgan fingerprint density at radius 1 is 1.46 bits per heavy atom. The van der Waals surface area contributed by atoms with Crippen LogP contribution in [0.15, 0.2) is 24.4 Å². The van der Waals surface area contributed by atoms with Crippen LogP contribution in [0.5, 0.6) is 0 Å². The van der Waals surface area contributed by atoms with Gasteiger partial charge in [0.25, 0.3) is 0 Å². The number of carbonyl (C=O) groups excluding carboxylic acids is 2. The Balaban J connectivity index is 2.87. The van der Waals surface area contributed by atoms with Crippen molar-refractivity contribution in [1.82, 2.24) is 4.98 Å². The molecule has 0 radical (unpaired) electrons. The molecule has 0 N–H and O–H groups in total. The van der Waals surface area contributed by atoms with Crippen molar-refractivity contribution < 1.29 is 9.59 Å². The standard InChI is InChI=1S/C10H9NO2/c1-8(13)10-5-4-9(7-11-10)3-2-6-12/h2-7H,1H3. The second-order valence-corrected chi connectivity index (χ2v) is 2.53. The number of aromatic nitrogens is 1. The highest BCUT2D eigenvalue weighted by atomic mass is 16.1. The summed E-state index contributed by atoms with van der Waals surface area (Å²) in [5, 5.41) is 0. The molecule has 1 heterocycles. The maximum atomic E-state index is 10.8. The number of hydrogen-bond donors (Lipinski definition) is 0. The van der Waals surface area contributed by atoms with E-state index in [-0.39, 0.29) is 5.78 Å². The lowest BCUT2D eigenvalue weighted by Crippen LogP contribution is -1.95. The molecule has 0 saturated heterocycles. The Labute approximate surface area is 76.1 Å². The van der Waals surface area contributed by atoms with Crippen LogP contribution in [-0.4, -0.2) is 17.1 Å². The predicted molar refractivity (Wildman–Crippen MR) is 49.3 cm³/mol. The van der Waals surface area contributed by atoms with Crippen molar-refractivity contribution in [2.75, 3.05) is 0 Å². The quantitative estimate of drug-likeness (QED) is 0.397. The molecule has 3 heteroatoms. The molecule has 0 unspecified atom stereocenters. The van der Waals surface area contributed by atoms with E-state index >= 15 is 0 Å². The fourth-order valence-corrected chi connectivity index (χ4v) is 0.863. The molecule has 13 heavy (non-hydrogen) atoms. The maximum Gasteiger partial charge on any atom is 0.178 e. The van der Waals surface area contributed by atoms with E-state index in [2.05, 4.69) is 4.98 Å². The van der Waals surface area contributed by atoms with Gasteiger partial charge < -0.3 is 0 Å². The highest BCUT2D eigenvalue weighted by Crippen LogP contribution is 2.02. The summed E-state index contributed by atoms with van der Waals surface area (Å²) in [5.41, 5.74) is 1.24. The molecule has 0 saturated carbocycles. The third-order valence-electron chi connectivity index (χ3n) is 1.51. The summed E-state index contributed by atoms with van der Waals surface area (Å²) < 4.78 is 0. The number of allylic oxidation sites excluding steroid dienone is 1. The monoisotopic (exact) mass is 175 g/mol. The van der Waals surface area contributed by atoms with E-state index in [1.807, 2.05) is 0 Å². The lowest BCUT2D eigenvalue weighted by atomic mass is 10.2. The fraction of sp³-hybridized carbons (Fsp3) is 0.100. The molecule has 0 amide bonds. The van der Waals surface area contributed by atoms with Crippen LogP contribution < -0.4 is 0 Å². The van der Waals surface area contributed by atoms with E-state index in [9.17, 15) is 9.59 Å². The van der Waals surface area contributed by atoms with Crippen molar-refractivity contribution in [3.63, 3.8) is 0 Å². The maximum absolute atomic E-state index is 10.8. The van der Waals surface area contributed by atoms with Crippen molar-refractivity contribution in [1.29, 1.82) is 0 Å². The molecule has 1 rings (SSSR count). The van der Waals surface area contributed by atoms with Crippen molar-refractivity contribution in [2.45, 2.75) is 6.92 Å². The second kappa shape index (κ2) is 4.30. The first-order chi connectivity index (χ1) is 6.24. The number of Topliss-reactive ketones (excluding diaryl/α,β-unsaturated/α-hetero) is 1. The largest absolute Gasteiger partial charge is 0.299 e. The van der Waals surface area contributed by atoms with Gasteiger partial charge >= 0.3 is 0 Å². The summed E-state index contributed by atoms with van der Waals surface area (Å²) in [4.78, 5) is 24.7. The molecule has 0 fully saturated rings. The normalized spacial score (nSPS) is 10.2. The molecule has 0 spiro atoms. The fourth-order valence-electron chi connectivity index (χ4n) is 0.863. The molecule has 3 nitrogen and oxygen atoms in total. The van der Waals surface area contributed by atoms with Gasteiger partial charge in [0.1, 0.15) is 12.0 Å². The van der Waals surface area contributed by atoms with Crippen LogP contribution in [0.2, 0.25) is 0 Å². The molecular formula is C10H9NO2. The predicted octanol–water partition coefficient (Wildman–Crippen LogP) is 1.50. The molecule has 0 aliphatic carbocycles. The van der Waals surface area contributed by atoms with Crippen molar-refractivity contribution in [3.8, 4) is 0 Å². The number of nitrogens with zero attached hydrogens (tertiary/aromatic N) is 1. The van der Waals surface area contributed by atoms with Crippen LogP contribution in [0.4, 0.5) is 0 Å². The van der Waals surface area contributed by atoms with Gasteiger partial charge in [0.05, 0.1) is 0 Å². The van der Waals surface area contributed by atoms with Gasteiger partial charge in [0, 0.05) is 13.1 Å². The number of aldehydes is 1. The van der Waals surface area contributed by atoms with Gasteiger partial charge in [0.15, 0.2) is 5.78 Å². The molecule has 1 aromatic rings. The average Bonchev–Trinajstić information content (AvgIpc) is 2.15. The molecule has 1 aromatic heterocycles. The van der Waals surface area contributed by atoms with Crippen LogP contribution >= 0.6 is 0 Å². The molecule has 0 atom stereocenters. The van der Waals surface area contributed by atoms with Gasteiger partial charge in [0.2, 0.25) is 0 Å². The Hall–Kier alpha value is -1.77. The smallest absolute Gasteiger partial charge is 0.178 e. The van der Waals surface area contributed by atoms with Gasteiger partial charge in [-0.15, -0.1) is 0 Å². The van der Waals surface area contributed by atoms with Crippen molar-refractivity contribution >= 4 is 18.1 Å². The lowest BCUT2D eigenvalue weighted by molar-refractivity contribution is -0.104. The minimum atomic E-state index is -0.0640. The summed E-state index contributed by atoms with van der Waals surface area (Å²) in [6.07, 6.45) is 5.25. The first-order valence-corrected chi connectivity index (χ1v) is 3.83. The zero-order valence-corrected chi connectivity index (χ0v) is 7.23. The number of pyridine rings is 1. The Kier molecular flexibility index (Phi) is 3.09. The summed E-state index contributed by atoms with van der Waals surface area (Å²) in [6, 6.07) is 3.37. The summed E-state index contributed by atoms with van der Waals surface area (Å²) in [5.74, 6) is -0.0640. The van der Waals surface area contributed by atoms with Crippen LogP contribution in [0.3, 0.4) is 0 Å². The average molecular weight is 175 g/mol. The Morgan fingerprint density at radius 2 is 2.23 bits per heavy atom. The lowest BCUT2D eigenvalue weighted by Gasteiger charge is -1.94. The van der Waals surface area contributed by atoms with Gasteiger partial charge in [-0.3, -0.25) is 14.6 Å². The van der Waals surface area contributed by atoms with Gasteiger partial charge in [-0.05, 0) is 17.7 Å². The molecular weight excluding hydrogens is 166 g/mol. The zero-order chi connectivity index (χ0) is 9.68. The van der Waals surface area contributed by atoms with Crippen LogP contribution in [0.25, 0.3) is 6.08 Å². The molecule has 0 aromatic carbocycles. The molecule has 0 aliphatic rings. The topological polar surface area (TPSA) is 47.0 Å². The van der Waals surface area contributed by atoms with Gasteiger partial charge in [-0.2, -0.15) is 0 Å². The van der Waals surface area contributed by atoms with Crippen molar-refractivity contribution in [2.24, 2.45) is 0 Å². The summed E-state index contributed by atoms with van der Waals surface area (Å²) in [7, 11) is 0. The van der Waals surface area contributed by atoms with E-state index in [0.29, 0.717) is 12.0 Å². The Morgan fingerprint density at radius 3 is 2.69 bits per heavy atom. The Bertz CT molecular complexity index is 338. The van der Waals surface area contributed by atoms with E-state index in [4.69, 9.17) is 0 Å². The highest BCUT2D eigenvalue weighted by molar-refractivity contribution is 5.92. The number of rotatable bonds is 3. The summed E-state index contributed by atoms with van der Waals surface area (Å²) >= 11 is 0. The first-order valence-electron chi connectivity index (χ1n) is 3.83. The van der Waals surface area contributed by atoms with Gasteiger partial charge in [-0.1, -0.05) is 12.1 Å². The minimum absolute atomic E-state index is 0.0640. The third kappa shape index (κ3) is 2.63. The van der Waals surface area contributed by atoms with Crippen LogP contribution in [-0.2, 0) is 4.79 Å². The number of carbonyl (C=O) groups is 2. The third-order valence-corrected chi connectivity index (χ3v) is 1.51. The van der Waals surface area contributed by atoms with Crippen LogP contribution in [0.1, 0.15) is 23.0 Å². The molecule has 66 valence electrons. The van der Waals surface area contributed by atoms with E-state index in [0.717, 1.165) is 5.56 Å². The molecule has 0 bridgehead atoms. The zero-order valence-electron chi connectivity index (χ0n) is 7.23. The van der Waals surface area contributed by atoms with E-state index in [1.54, 1.807) is 24.4 Å². The van der Waals surface area contributed by atoms with Gasteiger partial charge in [-0.25, -0.2) is 0 Å². The highest BCUT2D eigenvalue weighted by Gasteiger charge is 1.98. The molecule has 0 aliphatic heterocycles. The van der Waals surface area contributed by atoms with E-state index < -0.39 is 0 Å². The minimum Gasteiger partial charge on any atom is -0.299 e. The second-order valence-electron chi connectivity index (χ2n) is 2.53. The SMILES string of the molecule is CC(=O)c1ccc(C=CC=O)cn1. The van der Waals surface area contributed by atoms with E-state index in [1.165, 1.54) is 13.0 Å². The number of hydrogen-bond acceptors (Lipinski definition) is 3. The number of ketones is 1. The first kappa shape index (κ1) is 9.32.